The Morgan fingerprint density at radius 3 is 3.00 bits per heavy atom. The van der Waals surface area contributed by atoms with Crippen molar-refractivity contribution in [2.75, 3.05) is 0 Å². The van der Waals surface area contributed by atoms with E-state index in [2.05, 4.69) is 4.98 Å². The van der Waals surface area contributed by atoms with Crippen LogP contribution < -0.4 is 0 Å². The van der Waals surface area contributed by atoms with Crippen LogP contribution in [0.15, 0.2) is 30.5 Å². The van der Waals surface area contributed by atoms with Crippen LogP contribution in [0.3, 0.4) is 0 Å². The van der Waals surface area contributed by atoms with Crippen molar-refractivity contribution in [1.29, 1.82) is 0 Å². The van der Waals surface area contributed by atoms with Crippen molar-refractivity contribution in [3.05, 3.63) is 36.0 Å². The third-order valence-corrected chi connectivity index (χ3v) is 1.77. The fourth-order valence-corrected chi connectivity index (χ4v) is 1.18. The lowest BCUT2D eigenvalue weighted by atomic mass is 10.2. The van der Waals surface area contributed by atoms with Crippen LogP contribution in [0.4, 0.5) is 4.39 Å². The predicted octanol–water partition coefficient (Wildman–Crippen LogP) is 2.64. The molecule has 0 atom stereocenters. The Bertz CT molecular complexity index is 364. The zero-order valence-electron chi connectivity index (χ0n) is 5.97. The van der Waals surface area contributed by atoms with E-state index >= 15 is 0 Å². The predicted molar refractivity (Wildman–Crippen MR) is 43.1 cm³/mol. The fraction of sp³-hybridized carbons (Fsp3) is 0.111. The van der Waals surface area contributed by atoms with E-state index in [-0.39, 0.29) is 0 Å². The molecule has 0 radical (unpaired) electrons. The van der Waals surface area contributed by atoms with Gasteiger partial charge in [0, 0.05) is 11.7 Å². The maximum atomic E-state index is 12.1. The van der Waals surface area contributed by atoms with Gasteiger partial charge in [0.15, 0.2) is 0 Å². The third kappa shape index (κ3) is 1.00. The number of nitrogens with one attached hydrogen (secondary N) is 1. The van der Waals surface area contributed by atoms with Crippen molar-refractivity contribution in [1.82, 2.24) is 4.98 Å². The molecule has 0 aliphatic rings. The molecule has 0 bridgehead atoms. The van der Waals surface area contributed by atoms with Crippen molar-refractivity contribution < 1.29 is 4.39 Å². The molecule has 0 saturated heterocycles. The topological polar surface area (TPSA) is 15.8 Å². The Morgan fingerprint density at radius 1 is 1.27 bits per heavy atom. The van der Waals surface area contributed by atoms with Crippen LogP contribution in [0.5, 0.6) is 0 Å². The van der Waals surface area contributed by atoms with Crippen molar-refractivity contribution in [3.63, 3.8) is 0 Å². The highest BCUT2D eigenvalue weighted by Crippen LogP contribution is 2.14. The monoisotopic (exact) mass is 149 g/mol. The van der Waals surface area contributed by atoms with E-state index in [0.717, 1.165) is 16.5 Å². The molecule has 56 valence electrons. The second kappa shape index (κ2) is 2.38. The zero-order chi connectivity index (χ0) is 7.68. The van der Waals surface area contributed by atoms with Gasteiger partial charge in [-0.2, -0.15) is 0 Å². The smallest absolute Gasteiger partial charge is 0.115 e. The SMILES string of the molecule is FCc1ccc2cc[nH]c2c1. The molecule has 0 aliphatic heterocycles. The summed E-state index contributed by atoms with van der Waals surface area (Å²) in [6.07, 6.45) is 1.85. The number of halogens is 1. The first-order valence-corrected chi connectivity index (χ1v) is 3.52. The Kier molecular flexibility index (Phi) is 1.39. The number of aromatic amines is 1. The average Bonchev–Trinajstić information content (AvgIpc) is 2.50. The number of hydrogen-bond donors (Lipinski definition) is 1. The highest BCUT2D eigenvalue weighted by Gasteiger charge is 1.94. The van der Waals surface area contributed by atoms with E-state index in [9.17, 15) is 4.39 Å². The number of fused-ring (bicyclic) bond motifs is 1. The Hall–Kier alpha value is -1.31. The van der Waals surface area contributed by atoms with Gasteiger partial charge >= 0.3 is 0 Å². The van der Waals surface area contributed by atoms with E-state index in [1.807, 2.05) is 24.4 Å². The summed E-state index contributed by atoms with van der Waals surface area (Å²) >= 11 is 0. The minimum atomic E-state index is -0.394. The highest BCUT2D eigenvalue weighted by atomic mass is 19.1. The second-order valence-corrected chi connectivity index (χ2v) is 2.53. The van der Waals surface area contributed by atoms with E-state index in [1.54, 1.807) is 6.07 Å². The number of alkyl halides is 1. The molecule has 0 saturated carbocycles. The summed E-state index contributed by atoms with van der Waals surface area (Å²) < 4.78 is 12.1. The minimum absolute atomic E-state index is 0.394. The molecule has 0 aliphatic carbocycles. The first-order chi connectivity index (χ1) is 5.40. The molecular weight excluding hydrogens is 141 g/mol. The summed E-state index contributed by atoms with van der Waals surface area (Å²) in [5.41, 5.74) is 1.72. The second-order valence-electron chi connectivity index (χ2n) is 2.53. The largest absolute Gasteiger partial charge is 0.361 e. The summed E-state index contributed by atoms with van der Waals surface area (Å²) in [5.74, 6) is 0. The molecule has 0 amide bonds. The lowest BCUT2D eigenvalue weighted by Crippen LogP contribution is -1.76. The van der Waals surface area contributed by atoms with E-state index < -0.39 is 6.67 Å². The third-order valence-electron chi connectivity index (χ3n) is 1.77. The van der Waals surface area contributed by atoms with Gasteiger partial charge in [0.25, 0.3) is 0 Å². The number of aromatic nitrogens is 1. The molecular formula is C9H8FN. The quantitative estimate of drug-likeness (QED) is 0.641. The van der Waals surface area contributed by atoms with Crippen molar-refractivity contribution in [3.8, 4) is 0 Å². The van der Waals surface area contributed by atoms with Crippen LogP contribution in [-0.2, 0) is 6.67 Å². The summed E-state index contributed by atoms with van der Waals surface area (Å²) in [6, 6.07) is 7.52. The lowest BCUT2D eigenvalue weighted by Gasteiger charge is -1.93. The molecule has 1 aromatic heterocycles. The first-order valence-electron chi connectivity index (χ1n) is 3.52. The number of hydrogen-bond acceptors (Lipinski definition) is 0. The molecule has 2 rings (SSSR count). The van der Waals surface area contributed by atoms with Crippen molar-refractivity contribution in [2.45, 2.75) is 6.67 Å². The van der Waals surface area contributed by atoms with Gasteiger partial charge in [-0.05, 0) is 23.1 Å². The average molecular weight is 149 g/mol. The van der Waals surface area contributed by atoms with Crippen LogP contribution in [0.25, 0.3) is 10.9 Å². The number of benzene rings is 1. The van der Waals surface area contributed by atoms with Crippen LogP contribution in [0.2, 0.25) is 0 Å². The molecule has 2 heteroatoms. The summed E-state index contributed by atoms with van der Waals surface area (Å²) in [7, 11) is 0. The summed E-state index contributed by atoms with van der Waals surface area (Å²) in [6.45, 7) is -0.394. The zero-order valence-corrected chi connectivity index (χ0v) is 5.97. The molecule has 0 unspecified atom stereocenters. The van der Waals surface area contributed by atoms with Crippen LogP contribution in [0.1, 0.15) is 5.56 Å². The van der Waals surface area contributed by atoms with E-state index in [1.165, 1.54) is 0 Å². The summed E-state index contributed by atoms with van der Waals surface area (Å²) in [5, 5.41) is 1.13. The van der Waals surface area contributed by atoms with Gasteiger partial charge in [-0.15, -0.1) is 0 Å². The van der Waals surface area contributed by atoms with Crippen molar-refractivity contribution in [2.24, 2.45) is 0 Å². The highest BCUT2D eigenvalue weighted by molar-refractivity contribution is 5.79. The molecule has 2 aromatic rings. The van der Waals surface area contributed by atoms with Crippen LogP contribution in [-0.4, -0.2) is 4.98 Å². The maximum Gasteiger partial charge on any atom is 0.115 e. The molecule has 0 fully saturated rings. The Morgan fingerprint density at radius 2 is 2.18 bits per heavy atom. The van der Waals surface area contributed by atoms with Gasteiger partial charge in [-0.3, -0.25) is 0 Å². The van der Waals surface area contributed by atoms with Gasteiger partial charge < -0.3 is 4.98 Å². The van der Waals surface area contributed by atoms with Crippen LogP contribution >= 0.6 is 0 Å². The van der Waals surface area contributed by atoms with Gasteiger partial charge in [-0.25, -0.2) is 4.39 Å². The van der Waals surface area contributed by atoms with Gasteiger partial charge in [0.1, 0.15) is 6.67 Å². The van der Waals surface area contributed by atoms with E-state index in [4.69, 9.17) is 0 Å². The van der Waals surface area contributed by atoms with Gasteiger partial charge in [-0.1, -0.05) is 12.1 Å². The standard InChI is InChI=1S/C9H8FN/c10-6-7-1-2-8-3-4-11-9(8)5-7/h1-5,11H,6H2. The van der Waals surface area contributed by atoms with Crippen molar-refractivity contribution >= 4 is 10.9 Å². The molecule has 1 aromatic carbocycles. The molecule has 1 nitrogen and oxygen atoms in total. The van der Waals surface area contributed by atoms with Gasteiger partial charge in [0.2, 0.25) is 0 Å². The normalized spacial score (nSPS) is 10.6. The molecule has 1 N–H and O–H groups in total. The first kappa shape index (κ1) is 6.40. The number of H-pyrrole nitrogens is 1. The Balaban J connectivity index is 2.67. The minimum Gasteiger partial charge on any atom is -0.361 e. The maximum absolute atomic E-state index is 12.1. The Labute approximate surface area is 63.9 Å². The summed E-state index contributed by atoms with van der Waals surface area (Å²) in [4.78, 5) is 3.03. The van der Waals surface area contributed by atoms with E-state index in [0.29, 0.717) is 0 Å². The molecule has 1 heterocycles. The van der Waals surface area contributed by atoms with Gasteiger partial charge in [0.05, 0.1) is 0 Å². The lowest BCUT2D eigenvalue weighted by molar-refractivity contribution is 0.485. The molecule has 11 heavy (non-hydrogen) atoms. The molecule has 0 spiro atoms. The van der Waals surface area contributed by atoms with Crippen LogP contribution in [0, 0.1) is 0 Å². The fourth-order valence-electron chi connectivity index (χ4n) is 1.18. The number of rotatable bonds is 1.